The zero-order valence-electron chi connectivity index (χ0n) is 16.8. The molecular weight excluding hydrogens is 407 g/mol. The van der Waals surface area contributed by atoms with Gasteiger partial charge in [-0.25, -0.2) is 9.97 Å². The molecule has 2 aromatic rings. The fraction of sp³-hybridized carbons (Fsp3) is 0.545. The summed E-state index contributed by atoms with van der Waals surface area (Å²) in [4.78, 5) is 11.8. The lowest BCUT2D eigenvalue weighted by atomic mass is 9.74. The number of aliphatic hydroxyl groups excluding tert-OH is 1. The van der Waals surface area contributed by atoms with Crippen LogP contribution in [0.1, 0.15) is 43.5 Å². The van der Waals surface area contributed by atoms with Crippen molar-refractivity contribution in [2.45, 2.75) is 45.6 Å². The van der Waals surface area contributed by atoms with Crippen LogP contribution in [0.15, 0.2) is 18.2 Å². The average Bonchev–Trinajstić information content (AvgIpc) is 3.54. The molecule has 1 saturated heterocycles. The molecule has 1 aliphatic carbocycles. The minimum absolute atomic E-state index is 0.172. The predicted molar refractivity (Wildman–Crippen MR) is 118 cm³/mol. The molecule has 2 heterocycles. The van der Waals surface area contributed by atoms with Crippen LogP contribution in [0.5, 0.6) is 0 Å². The van der Waals surface area contributed by atoms with E-state index in [1.165, 1.54) is 19.3 Å². The fourth-order valence-electron chi connectivity index (χ4n) is 4.46. The molecule has 0 unspecified atom stereocenters. The zero-order chi connectivity index (χ0) is 20.6. The van der Waals surface area contributed by atoms with Gasteiger partial charge < -0.3 is 15.7 Å². The molecule has 0 bridgehead atoms. The molecule has 4 rings (SSSR count). The molecule has 7 heteroatoms. The van der Waals surface area contributed by atoms with Crippen LogP contribution in [0.25, 0.3) is 11.3 Å². The van der Waals surface area contributed by atoms with Crippen molar-refractivity contribution in [1.29, 1.82) is 0 Å². The van der Waals surface area contributed by atoms with Crippen molar-refractivity contribution in [1.82, 2.24) is 9.97 Å². The number of anilines is 1. The van der Waals surface area contributed by atoms with E-state index in [2.05, 4.69) is 4.90 Å². The van der Waals surface area contributed by atoms with Crippen LogP contribution in [-0.4, -0.2) is 34.7 Å². The predicted octanol–water partition coefficient (Wildman–Crippen LogP) is 4.60. The second-order valence-corrected chi connectivity index (χ2v) is 9.31. The number of aromatic nitrogens is 2. The molecule has 2 fully saturated rings. The molecule has 0 spiro atoms. The molecule has 1 aromatic carbocycles. The Balaban J connectivity index is 1.60. The van der Waals surface area contributed by atoms with Crippen molar-refractivity contribution in [3.8, 4) is 11.3 Å². The SMILES string of the molecule is Cc1nc(N2CCC(CN)(CC3CC3)CC2)c(CO)nc1-c1cccc(Cl)c1Cl. The van der Waals surface area contributed by atoms with Crippen LogP contribution in [0, 0.1) is 18.3 Å². The molecule has 0 amide bonds. The molecule has 156 valence electrons. The van der Waals surface area contributed by atoms with Crippen molar-refractivity contribution in [3.05, 3.63) is 39.6 Å². The first-order valence-corrected chi connectivity index (χ1v) is 11.1. The van der Waals surface area contributed by atoms with Crippen LogP contribution in [0.3, 0.4) is 0 Å². The summed E-state index contributed by atoms with van der Waals surface area (Å²) in [5.74, 6) is 1.64. The van der Waals surface area contributed by atoms with Gasteiger partial charge in [-0.05, 0) is 50.1 Å². The Bertz CT molecular complexity index is 893. The van der Waals surface area contributed by atoms with Crippen molar-refractivity contribution in [2.75, 3.05) is 24.5 Å². The number of nitrogens with two attached hydrogens (primary N) is 1. The number of nitrogens with zero attached hydrogens (tertiary/aromatic N) is 3. The van der Waals surface area contributed by atoms with Gasteiger partial charge in [-0.3, -0.25) is 0 Å². The summed E-state index contributed by atoms with van der Waals surface area (Å²) in [7, 11) is 0. The van der Waals surface area contributed by atoms with Gasteiger partial charge in [0.25, 0.3) is 0 Å². The highest BCUT2D eigenvalue weighted by Crippen LogP contribution is 2.45. The van der Waals surface area contributed by atoms with Gasteiger partial charge in [-0.2, -0.15) is 0 Å². The second kappa shape index (κ2) is 8.38. The summed E-state index contributed by atoms with van der Waals surface area (Å²) < 4.78 is 0. The van der Waals surface area contributed by atoms with E-state index in [4.69, 9.17) is 38.9 Å². The third kappa shape index (κ3) is 4.24. The van der Waals surface area contributed by atoms with E-state index >= 15 is 0 Å². The molecule has 1 aromatic heterocycles. The minimum atomic E-state index is -0.172. The molecule has 5 nitrogen and oxygen atoms in total. The summed E-state index contributed by atoms with van der Waals surface area (Å²) in [5.41, 5.74) is 9.18. The average molecular weight is 435 g/mol. The van der Waals surface area contributed by atoms with E-state index in [0.717, 1.165) is 55.5 Å². The first-order valence-electron chi connectivity index (χ1n) is 10.3. The Morgan fingerprint density at radius 1 is 1.21 bits per heavy atom. The van der Waals surface area contributed by atoms with Crippen LogP contribution in [-0.2, 0) is 6.61 Å². The Hall–Kier alpha value is -1.40. The number of aryl methyl sites for hydroxylation is 1. The third-order valence-corrected chi connectivity index (χ3v) is 7.27. The maximum atomic E-state index is 10.0. The number of rotatable bonds is 6. The molecule has 0 radical (unpaired) electrons. The van der Waals surface area contributed by atoms with Crippen molar-refractivity contribution in [2.24, 2.45) is 17.1 Å². The Morgan fingerprint density at radius 3 is 2.55 bits per heavy atom. The molecule has 2 aliphatic rings. The van der Waals surface area contributed by atoms with Gasteiger partial charge in [0.05, 0.1) is 28.0 Å². The van der Waals surface area contributed by atoms with Gasteiger partial charge in [0.1, 0.15) is 5.69 Å². The fourth-order valence-corrected chi connectivity index (χ4v) is 4.85. The number of hydrogen-bond acceptors (Lipinski definition) is 5. The number of hydrogen-bond donors (Lipinski definition) is 2. The number of piperidine rings is 1. The van der Waals surface area contributed by atoms with Gasteiger partial charge in [0.2, 0.25) is 0 Å². The van der Waals surface area contributed by atoms with Crippen molar-refractivity contribution < 1.29 is 5.11 Å². The molecule has 3 N–H and O–H groups in total. The van der Waals surface area contributed by atoms with E-state index in [-0.39, 0.29) is 12.0 Å². The largest absolute Gasteiger partial charge is 0.390 e. The summed E-state index contributed by atoms with van der Waals surface area (Å²) in [6, 6.07) is 5.46. The third-order valence-electron chi connectivity index (χ3n) is 6.45. The van der Waals surface area contributed by atoms with Crippen LogP contribution in [0.4, 0.5) is 5.82 Å². The Labute approximate surface area is 182 Å². The highest BCUT2D eigenvalue weighted by Gasteiger charge is 2.39. The monoisotopic (exact) mass is 434 g/mol. The van der Waals surface area contributed by atoms with Gasteiger partial charge in [0.15, 0.2) is 5.82 Å². The standard InChI is InChI=1S/C22H28Cl2N4O/c1-14-20(16-3-2-4-17(23)19(16)24)27-18(12-29)21(26-14)28-9-7-22(13-25,8-10-28)11-15-5-6-15/h2-4,15,29H,5-13,25H2,1H3. The lowest BCUT2D eigenvalue weighted by molar-refractivity contribution is 0.196. The van der Waals surface area contributed by atoms with Crippen LogP contribution >= 0.6 is 23.2 Å². The summed E-state index contributed by atoms with van der Waals surface area (Å²) in [6.07, 6.45) is 6.10. The first kappa shape index (κ1) is 20.9. The Morgan fingerprint density at radius 2 is 1.93 bits per heavy atom. The molecule has 29 heavy (non-hydrogen) atoms. The lowest BCUT2D eigenvalue weighted by Gasteiger charge is -2.42. The summed E-state index contributed by atoms with van der Waals surface area (Å²) in [6.45, 7) is 4.28. The number of benzene rings is 1. The smallest absolute Gasteiger partial charge is 0.153 e. The number of halogens is 2. The molecular formula is C22H28Cl2N4O. The van der Waals surface area contributed by atoms with E-state index in [9.17, 15) is 5.11 Å². The normalized spacial score (nSPS) is 18.9. The van der Waals surface area contributed by atoms with Gasteiger partial charge >= 0.3 is 0 Å². The maximum Gasteiger partial charge on any atom is 0.153 e. The first-order chi connectivity index (χ1) is 14.0. The van der Waals surface area contributed by atoms with E-state index < -0.39 is 0 Å². The summed E-state index contributed by atoms with van der Waals surface area (Å²) >= 11 is 12.6. The van der Waals surface area contributed by atoms with Gasteiger partial charge in [-0.15, -0.1) is 0 Å². The van der Waals surface area contributed by atoms with Gasteiger partial charge in [0, 0.05) is 18.7 Å². The number of aliphatic hydroxyl groups is 1. The Kier molecular flexibility index (Phi) is 6.03. The van der Waals surface area contributed by atoms with Crippen molar-refractivity contribution >= 4 is 29.0 Å². The van der Waals surface area contributed by atoms with Gasteiger partial charge in [-0.1, -0.05) is 48.2 Å². The lowest BCUT2D eigenvalue weighted by Crippen LogP contribution is -2.45. The highest BCUT2D eigenvalue weighted by molar-refractivity contribution is 6.43. The van der Waals surface area contributed by atoms with E-state index in [0.29, 0.717) is 21.4 Å². The van der Waals surface area contributed by atoms with Crippen molar-refractivity contribution in [3.63, 3.8) is 0 Å². The molecule has 1 saturated carbocycles. The maximum absolute atomic E-state index is 10.0. The van der Waals surface area contributed by atoms with Crippen LogP contribution < -0.4 is 10.6 Å². The molecule has 0 atom stereocenters. The topological polar surface area (TPSA) is 75.3 Å². The summed E-state index contributed by atoms with van der Waals surface area (Å²) in [5, 5.41) is 10.9. The second-order valence-electron chi connectivity index (χ2n) is 8.53. The quantitative estimate of drug-likeness (QED) is 0.694. The minimum Gasteiger partial charge on any atom is -0.390 e. The molecule has 1 aliphatic heterocycles. The zero-order valence-corrected chi connectivity index (χ0v) is 18.3. The van der Waals surface area contributed by atoms with E-state index in [1.54, 1.807) is 6.07 Å². The van der Waals surface area contributed by atoms with E-state index in [1.807, 2.05) is 19.1 Å². The highest BCUT2D eigenvalue weighted by atomic mass is 35.5. The van der Waals surface area contributed by atoms with Crippen LogP contribution in [0.2, 0.25) is 10.0 Å².